The van der Waals surface area contributed by atoms with Gasteiger partial charge in [0.25, 0.3) is 0 Å². The molecule has 0 aliphatic rings. The summed E-state index contributed by atoms with van der Waals surface area (Å²) in [7, 11) is 0. The second kappa shape index (κ2) is 5.33. The Balaban J connectivity index is 2.04. The number of hydrogen-bond donors (Lipinski definition) is 1. The first-order valence-corrected chi connectivity index (χ1v) is 6.89. The minimum atomic E-state index is -0.892. The topological polar surface area (TPSA) is 50.2 Å². The number of aromatic nitrogens is 1. The first kappa shape index (κ1) is 12.1. The molecule has 0 saturated carbocycles. The van der Waals surface area contributed by atoms with Gasteiger partial charge in [-0.2, -0.15) is 0 Å². The molecular formula is C12H11NO2S2. The second-order valence-corrected chi connectivity index (χ2v) is 5.59. The monoisotopic (exact) mass is 265 g/mol. The van der Waals surface area contributed by atoms with Crippen molar-refractivity contribution in [2.75, 3.05) is 0 Å². The van der Waals surface area contributed by atoms with Crippen LogP contribution in [0.5, 0.6) is 0 Å². The van der Waals surface area contributed by atoms with Gasteiger partial charge in [-0.3, -0.25) is 0 Å². The summed E-state index contributed by atoms with van der Waals surface area (Å²) in [6.07, 6.45) is 0. The maximum absolute atomic E-state index is 10.8. The number of hydrogen-bond acceptors (Lipinski definition) is 4. The van der Waals surface area contributed by atoms with Crippen LogP contribution in [-0.2, 0) is 5.75 Å². The maximum Gasteiger partial charge on any atom is 0.335 e. The van der Waals surface area contributed by atoms with Crippen LogP contribution in [0.4, 0.5) is 0 Å². The van der Waals surface area contributed by atoms with Crippen molar-refractivity contribution in [3.05, 3.63) is 45.9 Å². The van der Waals surface area contributed by atoms with Crippen molar-refractivity contribution in [1.82, 2.24) is 4.98 Å². The summed E-state index contributed by atoms with van der Waals surface area (Å²) in [6, 6.07) is 6.96. The van der Waals surface area contributed by atoms with Gasteiger partial charge >= 0.3 is 5.97 Å². The standard InChI is InChI=1S/C12H11NO2S2/c1-8-13-10(6-16-8)7-17-11-4-2-3-9(5-11)12(14)15/h2-6H,7H2,1H3,(H,14,15). The zero-order valence-corrected chi connectivity index (χ0v) is 10.8. The predicted octanol–water partition coefficient (Wildman–Crippen LogP) is 3.44. The summed E-state index contributed by atoms with van der Waals surface area (Å²) in [5, 5.41) is 12.0. The minimum Gasteiger partial charge on any atom is -0.478 e. The number of carboxylic acid groups (broad SMARTS) is 1. The third-order valence-corrected chi connectivity index (χ3v) is 3.98. The fraction of sp³-hybridized carbons (Fsp3) is 0.167. The number of carboxylic acids is 1. The molecule has 0 spiro atoms. The van der Waals surface area contributed by atoms with Crippen molar-refractivity contribution in [2.45, 2.75) is 17.6 Å². The Morgan fingerprint density at radius 3 is 3.00 bits per heavy atom. The molecule has 1 N–H and O–H groups in total. The summed E-state index contributed by atoms with van der Waals surface area (Å²) < 4.78 is 0. The smallest absolute Gasteiger partial charge is 0.335 e. The molecule has 0 saturated heterocycles. The average molecular weight is 265 g/mol. The largest absolute Gasteiger partial charge is 0.478 e. The van der Waals surface area contributed by atoms with E-state index in [0.29, 0.717) is 5.56 Å². The van der Waals surface area contributed by atoms with Gasteiger partial charge in [-0.15, -0.1) is 23.1 Å². The molecule has 2 aromatic rings. The van der Waals surface area contributed by atoms with Gasteiger partial charge in [-0.05, 0) is 25.1 Å². The van der Waals surface area contributed by atoms with Gasteiger partial charge in [0, 0.05) is 16.0 Å². The third-order valence-electron chi connectivity index (χ3n) is 2.13. The Morgan fingerprint density at radius 1 is 1.53 bits per heavy atom. The molecule has 3 nitrogen and oxygen atoms in total. The van der Waals surface area contributed by atoms with Crippen molar-refractivity contribution in [3.8, 4) is 0 Å². The highest BCUT2D eigenvalue weighted by molar-refractivity contribution is 7.98. The molecule has 0 unspecified atom stereocenters. The van der Waals surface area contributed by atoms with Gasteiger partial charge in [-0.25, -0.2) is 9.78 Å². The van der Waals surface area contributed by atoms with Crippen molar-refractivity contribution in [3.63, 3.8) is 0 Å². The van der Waals surface area contributed by atoms with Crippen molar-refractivity contribution >= 4 is 29.1 Å². The number of rotatable bonds is 4. The zero-order chi connectivity index (χ0) is 12.3. The predicted molar refractivity (Wildman–Crippen MR) is 69.8 cm³/mol. The third kappa shape index (κ3) is 3.31. The van der Waals surface area contributed by atoms with Crippen LogP contribution in [0.25, 0.3) is 0 Å². The number of aryl methyl sites for hydroxylation is 1. The van der Waals surface area contributed by atoms with Crippen LogP contribution in [0.15, 0.2) is 34.5 Å². The van der Waals surface area contributed by atoms with E-state index < -0.39 is 5.97 Å². The number of thioether (sulfide) groups is 1. The molecule has 1 aromatic carbocycles. The van der Waals surface area contributed by atoms with Crippen LogP contribution in [0.1, 0.15) is 21.1 Å². The first-order chi connectivity index (χ1) is 8.15. The number of carbonyl (C=O) groups is 1. The molecule has 0 radical (unpaired) electrons. The average Bonchev–Trinajstić information content (AvgIpc) is 2.73. The molecule has 0 bridgehead atoms. The summed E-state index contributed by atoms with van der Waals surface area (Å²) >= 11 is 3.23. The van der Waals surface area contributed by atoms with Crippen LogP contribution in [0.2, 0.25) is 0 Å². The Labute approximate surface area is 108 Å². The van der Waals surface area contributed by atoms with Gasteiger partial charge in [0.15, 0.2) is 0 Å². The minimum absolute atomic E-state index is 0.324. The lowest BCUT2D eigenvalue weighted by Crippen LogP contribution is -1.95. The summed E-state index contributed by atoms with van der Waals surface area (Å²) in [5.41, 5.74) is 1.36. The molecule has 88 valence electrons. The zero-order valence-electron chi connectivity index (χ0n) is 9.21. The van der Waals surface area contributed by atoms with Gasteiger partial charge < -0.3 is 5.11 Å². The molecule has 0 atom stereocenters. The van der Waals surface area contributed by atoms with Gasteiger partial charge in [0.05, 0.1) is 16.3 Å². The van der Waals surface area contributed by atoms with Crippen LogP contribution < -0.4 is 0 Å². The highest BCUT2D eigenvalue weighted by atomic mass is 32.2. The van der Waals surface area contributed by atoms with E-state index in [9.17, 15) is 4.79 Å². The van der Waals surface area contributed by atoms with Gasteiger partial charge in [0.2, 0.25) is 0 Å². The van der Waals surface area contributed by atoms with Crippen molar-refractivity contribution < 1.29 is 9.90 Å². The highest BCUT2D eigenvalue weighted by Gasteiger charge is 2.04. The molecular weight excluding hydrogens is 254 g/mol. The summed E-state index contributed by atoms with van der Waals surface area (Å²) in [4.78, 5) is 16.1. The summed E-state index contributed by atoms with van der Waals surface area (Å²) in [6.45, 7) is 1.98. The van der Waals surface area contributed by atoms with E-state index in [1.54, 1.807) is 41.3 Å². The van der Waals surface area contributed by atoms with E-state index in [0.717, 1.165) is 21.3 Å². The number of thiazole rings is 1. The van der Waals surface area contributed by atoms with E-state index in [2.05, 4.69) is 4.98 Å². The SMILES string of the molecule is Cc1nc(CSc2cccc(C(=O)O)c2)cs1. The Kier molecular flexibility index (Phi) is 3.81. The van der Waals surface area contributed by atoms with Crippen LogP contribution >= 0.6 is 23.1 Å². The Morgan fingerprint density at radius 2 is 2.35 bits per heavy atom. The van der Waals surface area contributed by atoms with E-state index in [1.165, 1.54) is 0 Å². The number of aromatic carboxylic acids is 1. The molecule has 1 heterocycles. The normalized spacial score (nSPS) is 10.4. The first-order valence-electron chi connectivity index (χ1n) is 5.02. The lowest BCUT2D eigenvalue weighted by molar-refractivity contribution is 0.0696. The van der Waals surface area contributed by atoms with Crippen LogP contribution in [0.3, 0.4) is 0 Å². The molecule has 0 aliphatic carbocycles. The Hall–Kier alpha value is -1.33. The molecule has 0 amide bonds. The maximum atomic E-state index is 10.8. The van der Waals surface area contributed by atoms with E-state index in [4.69, 9.17) is 5.11 Å². The lowest BCUT2D eigenvalue weighted by Gasteiger charge is -2.00. The second-order valence-electron chi connectivity index (χ2n) is 3.48. The molecule has 0 fully saturated rings. The van der Waals surface area contributed by atoms with E-state index in [1.807, 2.05) is 18.4 Å². The quantitative estimate of drug-likeness (QED) is 0.860. The highest BCUT2D eigenvalue weighted by Crippen LogP contribution is 2.24. The molecule has 0 aliphatic heterocycles. The lowest BCUT2D eigenvalue weighted by atomic mass is 10.2. The summed E-state index contributed by atoms with van der Waals surface area (Å²) in [5.74, 6) is -0.120. The number of nitrogens with zero attached hydrogens (tertiary/aromatic N) is 1. The van der Waals surface area contributed by atoms with E-state index in [-0.39, 0.29) is 0 Å². The Bertz CT molecular complexity index is 537. The van der Waals surface area contributed by atoms with Gasteiger partial charge in [0.1, 0.15) is 0 Å². The fourth-order valence-electron chi connectivity index (χ4n) is 1.35. The molecule has 1 aromatic heterocycles. The van der Waals surface area contributed by atoms with Crippen molar-refractivity contribution in [2.24, 2.45) is 0 Å². The molecule has 17 heavy (non-hydrogen) atoms. The fourth-order valence-corrected chi connectivity index (χ4v) is 2.92. The van der Waals surface area contributed by atoms with Crippen LogP contribution in [-0.4, -0.2) is 16.1 Å². The van der Waals surface area contributed by atoms with Crippen LogP contribution in [0, 0.1) is 6.92 Å². The van der Waals surface area contributed by atoms with E-state index >= 15 is 0 Å². The van der Waals surface area contributed by atoms with Gasteiger partial charge in [-0.1, -0.05) is 6.07 Å². The molecule has 2 rings (SSSR count). The number of benzene rings is 1. The molecule has 5 heteroatoms. The van der Waals surface area contributed by atoms with Crippen molar-refractivity contribution in [1.29, 1.82) is 0 Å².